The lowest BCUT2D eigenvalue weighted by molar-refractivity contribution is -0.127. The summed E-state index contributed by atoms with van der Waals surface area (Å²) in [7, 11) is 1.53. The van der Waals surface area contributed by atoms with E-state index in [-0.39, 0.29) is 27.8 Å². The lowest BCUT2D eigenvalue weighted by atomic mass is 10.2. The number of imide groups is 1. The number of carbonyl (C=O) groups is 4. The number of halogens is 3. The van der Waals surface area contributed by atoms with Gasteiger partial charge in [0.2, 0.25) is 5.91 Å². The molecule has 0 aromatic heterocycles. The summed E-state index contributed by atoms with van der Waals surface area (Å²) in [5.41, 5.74) is 1.05. The van der Waals surface area contributed by atoms with Gasteiger partial charge in [-0.05, 0) is 99.8 Å². The summed E-state index contributed by atoms with van der Waals surface area (Å²) in [5, 5.41) is 2.22. The van der Waals surface area contributed by atoms with E-state index < -0.39 is 29.6 Å². The molecule has 12 heteroatoms. The van der Waals surface area contributed by atoms with Crippen molar-refractivity contribution in [1.29, 1.82) is 0 Å². The first kappa shape index (κ1) is 28.7. The number of hydrogen-bond donors (Lipinski definition) is 1. The number of thioether (sulfide) groups is 1. The van der Waals surface area contributed by atoms with E-state index in [0.29, 0.717) is 11.3 Å². The molecule has 0 atom stereocenters. The lowest BCUT2D eigenvalue weighted by Gasteiger charge is -2.13. The first-order valence-electron chi connectivity index (χ1n) is 10.7. The molecule has 1 heterocycles. The molecule has 2 aromatic rings. The predicted molar refractivity (Wildman–Crippen MR) is 156 cm³/mol. The zero-order valence-electron chi connectivity index (χ0n) is 19.2. The number of ether oxygens (including phenoxy) is 2. The van der Waals surface area contributed by atoms with Crippen LogP contribution in [0.2, 0.25) is 5.02 Å². The summed E-state index contributed by atoms with van der Waals surface area (Å²) >= 11 is 11.2. The number of benzene rings is 2. The van der Waals surface area contributed by atoms with Crippen LogP contribution in [0.4, 0.5) is 10.5 Å². The third-order valence-corrected chi connectivity index (χ3v) is 7.57. The molecule has 1 fully saturated rings. The normalized spacial score (nSPS) is 14.4. The Bertz CT molecular complexity index is 1250. The van der Waals surface area contributed by atoms with Crippen molar-refractivity contribution in [1.82, 2.24) is 4.90 Å². The van der Waals surface area contributed by atoms with Crippen LogP contribution < -0.4 is 10.1 Å². The molecule has 3 rings (SSSR count). The van der Waals surface area contributed by atoms with Gasteiger partial charge in [0, 0.05) is 14.8 Å². The topological polar surface area (TPSA) is 102 Å². The van der Waals surface area contributed by atoms with Crippen LogP contribution in [-0.4, -0.2) is 48.2 Å². The van der Waals surface area contributed by atoms with Crippen molar-refractivity contribution in [2.24, 2.45) is 0 Å². The van der Waals surface area contributed by atoms with E-state index in [9.17, 15) is 19.2 Å². The lowest BCUT2D eigenvalue weighted by Crippen LogP contribution is -2.36. The molecule has 8 nitrogen and oxygen atoms in total. The zero-order valence-corrected chi connectivity index (χ0v) is 25.1. The number of nitrogens with zero attached hydrogens (tertiary/aromatic N) is 1. The van der Waals surface area contributed by atoms with Crippen molar-refractivity contribution in [2.75, 3.05) is 25.6 Å². The van der Waals surface area contributed by atoms with E-state index in [4.69, 9.17) is 21.1 Å². The van der Waals surface area contributed by atoms with Crippen LogP contribution in [0.5, 0.6) is 5.75 Å². The number of hydrogen-bond acceptors (Lipinski definition) is 7. The molecule has 36 heavy (non-hydrogen) atoms. The van der Waals surface area contributed by atoms with E-state index in [1.54, 1.807) is 6.08 Å². The zero-order chi connectivity index (χ0) is 26.4. The molecular weight excluding hydrogens is 734 g/mol. The average Bonchev–Trinajstić information content (AvgIpc) is 3.07. The van der Waals surface area contributed by atoms with E-state index in [0.717, 1.165) is 36.6 Å². The van der Waals surface area contributed by atoms with Gasteiger partial charge in [-0.2, -0.15) is 0 Å². The Morgan fingerprint density at radius 3 is 2.64 bits per heavy atom. The number of nitrogens with one attached hydrogen (secondary N) is 1. The maximum atomic E-state index is 12.9. The second-order valence-corrected chi connectivity index (χ2v) is 11.3. The molecule has 0 bridgehead atoms. The second-order valence-electron chi connectivity index (χ2n) is 7.51. The predicted octanol–water partition coefficient (Wildman–Crippen LogP) is 6.19. The third kappa shape index (κ3) is 7.13. The van der Waals surface area contributed by atoms with Crippen molar-refractivity contribution < 1.29 is 28.7 Å². The Morgan fingerprint density at radius 1 is 1.19 bits per heavy atom. The number of methoxy groups -OCH3 is 1. The molecule has 1 aliphatic heterocycles. The first-order chi connectivity index (χ1) is 17.1. The smallest absolute Gasteiger partial charge is 0.339 e. The van der Waals surface area contributed by atoms with Gasteiger partial charge in [0.1, 0.15) is 12.3 Å². The van der Waals surface area contributed by atoms with Gasteiger partial charge in [-0.25, -0.2) is 4.79 Å². The largest absolute Gasteiger partial charge is 0.495 e. The Labute approximate surface area is 244 Å². The maximum absolute atomic E-state index is 12.9. The minimum absolute atomic E-state index is 0.112. The van der Waals surface area contributed by atoms with Gasteiger partial charge in [-0.15, -0.1) is 0 Å². The van der Waals surface area contributed by atoms with Crippen molar-refractivity contribution in [2.45, 2.75) is 19.8 Å². The molecule has 3 amide bonds. The van der Waals surface area contributed by atoms with Crippen LogP contribution in [0, 0.1) is 7.14 Å². The van der Waals surface area contributed by atoms with Crippen molar-refractivity contribution in [3.8, 4) is 5.75 Å². The summed E-state index contributed by atoms with van der Waals surface area (Å²) in [6.45, 7) is 1.76. The van der Waals surface area contributed by atoms with Gasteiger partial charge in [0.25, 0.3) is 11.1 Å². The van der Waals surface area contributed by atoms with Crippen LogP contribution in [-0.2, 0) is 14.3 Å². The summed E-state index contributed by atoms with van der Waals surface area (Å²) in [6.07, 6.45) is 3.18. The molecular formula is C24H21ClI2N2O6S. The maximum Gasteiger partial charge on any atom is 0.339 e. The monoisotopic (exact) mass is 754 g/mol. The summed E-state index contributed by atoms with van der Waals surface area (Å²) in [6, 6.07) is 8.15. The van der Waals surface area contributed by atoms with Crippen LogP contribution in [0.25, 0.3) is 6.08 Å². The summed E-state index contributed by atoms with van der Waals surface area (Å²) in [4.78, 5) is 51.4. The highest BCUT2D eigenvalue weighted by atomic mass is 127. The average molecular weight is 755 g/mol. The highest BCUT2D eigenvalue weighted by Crippen LogP contribution is 2.36. The molecule has 0 unspecified atom stereocenters. The summed E-state index contributed by atoms with van der Waals surface area (Å²) in [5.74, 6) is -1.19. The van der Waals surface area contributed by atoms with Crippen LogP contribution in [0.15, 0.2) is 35.2 Å². The number of unbranched alkanes of at least 4 members (excludes halogenated alkanes) is 1. The van der Waals surface area contributed by atoms with Gasteiger partial charge in [-0.1, -0.05) is 24.9 Å². The van der Waals surface area contributed by atoms with Gasteiger partial charge < -0.3 is 14.8 Å². The molecule has 2 aromatic carbocycles. The number of esters is 1. The molecule has 0 aliphatic carbocycles. The Balaban J connectivity index is 1.71. The number of carbonyl (C=O) groups excluding carboxylic acids is 4. The molecule has 0 saturated carbocycles. The highest BCUT2D eigenvalue weighted by molar-refractivity contribution is 14.1. The molecule has 190 valence electrons. The SMILES string of the molecule is CCCCOC(=O)c1cc(NC(=O)CN2C(=O)S/C(=C/c3cc(I)cc(I)c3OC)C2=O)ccc1Cl. The Hall–Kier alpha value is -1.84. The molecule has 1 N–H and O–H groups in total. The van der Waals surface area contributed by atoms with E-state index in [1.807, 2.05) is 19.1 Å². The van der Waals surface area contributed by atoms with Crippen LogP contribution >= 0.6 is 68.5 Å². The van der Waals surface area contributed by atoms with Gasteiger partial charge >= 0.3 is 5.97 Å². The Kier molecular flexibility index (Phi) is 10.5. The second kappa shape index (κ2) is 13.1. The van der Waals surface area contributed by atoms with Gasteiger partial charge in [0.15, 0.2) is 0 Å². The minimum Gasteiger partial charge on any atom is -0.495 e. The number of rotatable bonds is 9. The van der Waals surface area contributed by atoms with Crippen molar-refractivity contribution in [3.63, 3.8) is 0 Å². The van der Waals surface area contributed by atoms with Crippen LogP contribution in [0.3, 0.4) is 0 Å². The third-order valence-electron chi connectivity index (χ3n) is 4.90. The van der Waals surface area contributed by atoms with Crippen LogP contribution in [0.1, 0.15) is 35.7 Å². The van der Waals surface area contributed by atoms with E-state index in [1.165, 1.54) is 25.3 Å². The van der Waals surface area contributed by atoms with Gasteiger partial charge in [-0.3, -0.25) is 19.3 Å². The number of anilines is 1. The van der Waals surface area contributed by atoms with Crippen molar-refractivity contribution in [3.05, 3.63) is 58.5 Å². The Morgan fingerprint density at radius 2 is 1.94 bits per heavy atom. The van der Waals surface area contributed by atoms with E-state index in [2.05, 4.69) is 50.5 Å². The standard InChI is InChI=1S/C24H21ClI2N2O6S/c1-3-4-7-35-23(32)16-11-15(5-6-17(16)25)28-20(30)12-29-22(31)19(36-24(29)33)9-13-8-14(26)10-18(27)21(13)34-2/h5-6,8-11H,3-4,7,12H2,1-2H3,(H,28,30)/b19-9+. The van der Waals surface area contributed by atoms with Crippen molar-refractivity contribution >= 4 is 103 Å². The van der Waals surface area contributed by atoms with Gasteiger partial charge in [0.05, 0.1) is 32.8 Å². The first-order valence-corrected chi connectivity index (χ1v) is 14.0. The fraction of sp³-hybridized carbons (Fsp3) is 0.250. The van der Waals surface area contributed by atoms with E-state index >= 15 is 0 Å². The fourth-order valence-electron chi connectivity index (χ4n) is 3.17. The minimum atomic E-state index is -0.604. The highest BCUT2D eigenvalue weighted by Gasteiger charge is 2.36. The molecule has 1 saturated heterocycles. The number of amides is 3. The quantitative estimate of drug-likeness (QED) is 0.141. The molecule has 0 radical (unpaired) electrons. The molecule has 1 aliphatic rings. The molecule has 0 spiro atoms. The fourth-order valence-corrected chi connectivity index (χ4v) is 6.30. The summed E-state index contributed by atoms with van der Waals surface area (Å²) < 4.78 is 12.4.